The fourth-order valence-corrected chi connectivity index (χ4v) is 1.88. The van der Waals surface area contributed by atoms with Crippen LogP contribution in [0.5, 0.6) is 0 Å². The van der Waals surface area contributed by atoms with E-state index in [1.54, 1.807) is 13.6 Å². The Morgan fingerprint density at radius 2 is 1.74 bits per heavy atom. The molecule has 0 N–H and O–H groups in total. The summed E-state index contributed by atoms with van der Waals surface area (Å²) < 4.78 is 34.4. The standard InChI is InChI=1S/C8H11N2O3P.2F2.FH/c1-3-9-7(12)4-6(5-11)10(14-2)8(9)13;2*1-2;/h4-5,14H,3H2,1-2H3;;;1H. The van der Waals surface area contributed by atoms with Gasteiger partial charge >= 0.3 is 5.69 Å². The molecule has 0 radical (unpaired) electrons. The van der Waals surface area contributed by atoms with Gasteiger partial charge in [-0.15, -0.1) is 0 Å². The molecule has 5 nitrogen and oxygen atoms in total. The van der Waals surface area contributed by atoms with Crippen molar-refractivity contribution in [3.63, 3.8) is 0 Å². The summed E-state index contributed by atoms with van der Waals surface area (Å²) in [6.07, 6.45) is 0.527. The van der Waals surface area contributed by atoms with E-state index in [9.17, 15) is 14.4 Å². The molecule has 112 valence electrons. The molecule has 1 heterocycles. The van der Waals surface area contributed by atoms with E-state index in [0.29, 0.717) is 12.8 Å². The second kappa shape index (κ2) is 12.9. The molecule has 0 aliphatic carbocycles. The summed E-state index contributed by atoms with van der Waals surface area (Å²) in [6.45, 7) is 3.81. The third-order valence-electron chi connectivity index (χ3n) is 1.88. The van der Waals surface area contributed by atoms with Crippen LogP contribution in [-0.2, 0) is 6.54 Å². The van der Waals surface area contributed by atoms with Gasteiger partial charge in [0, 0.05) is 30.9 Å². The predicted octanol–water partition coefficient (Wildman–Crippen LogP) is 1.75. The molecule has 1 atom stereocenters. The minimum atomic E-state index is -0.422. The summed E-state index contributed by atoms with van der Waals surface area (Å²) in [4.78, 5) is 33.5. The Bertz CT molecular complexity index is 476. The predicted molar refractivity (Wildman–Crippen MR) is 62.6 cm³/mol. The molecule has 0 aromatic carbocycles. The van der Waals surface area contributed by atoms with Crippen molar-refractivity contribution in [2.75, 3.05) is 6.66 Å². The van der Waals surface area contributed by atoms with Gasteiger partial charge < -0.3 is 0 Å². The molecule has 0 saturated heterocycles. The maximum Gasteiger partial charge on any atom is 0.334 e. The van der Waals surface area contributed by atoms with E-state index in [1.165, 1.54) is 10.4 Å². The lowest BCUT2D eigenvalue weighted by molar-refractivity contribution is 0.108. The number of hydrogen-bond acceptors (Lipinski definition) is 3. The van der Waals surface area contributed by atoms with Crippen LogP contribution >= 0.6 is 8.73 Å². The fourth-order valence-electron chi connectivity index (χ4n) is 1.20. The highest BCUT2D eigenvalue weighted by Crippen LogP contribution is 2.05. The first-order valence-electron chi connectivity index (χ1n) is 4.44. The molecule has 0 bridgehead atoms. The highest BCUT2D eigenvalue weighted by Gasteiger charge is 2.07. The Kier molecular flexibility index (Phi) is 15.3. The molecule has 0 aliphatic heterocycles. The molecule has 19 heavy (non-hydrogen) atoms. The van der Waals surface area contributed by atoms with Crippen molar-refractivity contribution in [3.8, 4) is 0 Å². The van der Waals surface area contributed by atoms with Gasteiger partial charge in [-0.2, -0.15) is 0 Å². The van der Waals surface area contributed by atoms with Gasteiger partial charge in [0.05, 0.1) is 5.69 Å². The first-order valence-corrected chi connectivity index (χ1v) is 5.88. The van der Waals surface area contributed by atoms with Gasteiger partial charge in [-0.3, -0.25) is 23.2 Å². The lowest BCUT2D eigenvalue weighted by Gasteiger charge is -2.08. The average Bonchev–Trinajstić information content (AvgIpc) is 2.43. The topological polar surface area (TPSA) is 61.1 Å². The van der Waals surface area contributed by atoms with Gasteiger partial charge in [-0.1, -0.05) is 0 Å². The Balaban J connectivity index is -0.000000467. The van der Waals surface area contributed by atoms with Crippen LogP contribution in [-0.4, -0.2) is 21.9 Å². The highest BCUT2D eigenvalue weighted by atomic mass is 31.1. The van der Waals surface area contributed by atoms with E-state index in [0.717, 1.165) is 4.57 Å². The molecule has 1 aromatic heterocycles. The van der Waals surface area contributed by atoms with Gasteiger partial charge in [0.2, 0.25) is 0 Å². The normalized spacial score (nSPS) is 8.74. The first kappa shape index (κ1) is 22.6. The van der Waals surface area contributed by atoms with Crippen LogP contribution < -0.4 is 11.2 Å². The first-order chi connectivity index (χ1) is 8.65. The molecule has 0 saturated carbocycles. The molecule has 0 amide bonds. The summed E-state index contributed by atoms with van der Waals surface area (Å²) in [7, 11) is 0.143. The zero-order chi connectivity index (χ0) is 14.7. The lowest BCUT2D eigenvalue weighted by Crippen LogP contribution is -2.38. The number of nitrogens with zero attached hydrogens (tertiary/aromatic N) is 2. The minimum Gasteiger partial charge on any atom is -0.296 e. The molecule has 0 fully saturated rings. The SMILES string of the molecule is CCn1c(=O)cc(C=O)n(PC)c1=O.F.FF.FF. The molecule has 1 aromatic rings. The zero-order valence-corrected chi connectivity index (χ0v) is 10.9. The van der Waals surface area contributed by atoms with Gasteiger partial charge in [-0.05, 0) is 22.3 Å². The summed E-state index contributed by atoms with van der Waals surface area (Å²) in [5.74, 6) is 0. The van der Waals surface area contributed by atoms with E-state index < -0.39 is 11.2 Å². The molecule has 1 unspecified atom stereocenters. The van der Waals surface area contributed by atoms with E-state index in [-0.39, 0.29) is 19.1 Å². The Hall–Kier alpha value is -1.57. The molecule has 0 spiro atoms. The van der Waals surface area contributed by atoms with E-state index >= 15 is 0 Å². The number of hydrogen-bond donors (Lipinski definition) is 0. The molecule has 1 rings (SSSR count). The number of halogens is 5. The fraction of sp³-hybridized carbons (Fsp3) is 0.375. The van der Waals surface area contributed by atoms with Crippen molar-refractivity contribution in [3.05, 3.63) is 32.6 Å². The monoisotopic (exact) mass is 310 g/mol. The molecule has 11 heteroatoms. The van der Waals surface area contributed by atoms with E-state index in [1.807, 2.05) is 0 Å². The number of carbonyl (C=O) groups excluding carboxylic acids is 1. The maximum absolute atomic E-state index is 11.6. The van der Waals surface area contributed by atoms with Crippen LogP contribution in [0.25, 0.3) is 0 Å². The Labute approximate surface area is 105 Å². The number of aromatic nitrogens is 2. The molecular formula is C8H12F5N2O3P. The lowest BCUT2D eigenvalue weighted by atomic mass is 10.4. The summed E-state index contributed by atoms with van der Waals surface area (Å²) in [6, 6.07) is 1.19. The second-order valence-corrected chi connectivity index (χ2v) is 3.51. The van der Waals surface area contributed by atoms with E-state index in [4.69, 9.17) is 18.3 Å². The van der Waals surface area contributed by atoms with E-state index in [2.05, 4.69) is 0 Å². The number of rotatable bonds is 3. The number of carbonyl (C=O) groups is 1. The third kappa shape index (κ3) is 5.73. The van der Waals surface area contributed by atoms with Gasteiger partial charge in [0.15, 0.2) is 6.29 Å². The van der Waals surface area contributed by atoms with Crippen LogP contribution in [0.15, 0.2) is 15.7 Å². The Morgan fingerprint density at radius 1 is 1.26 bits per heavy atom. The summed E-state index contributed by atoms with van der Waals surface area (Å²) in [5, 5.41) is 0. The maximum atomic E-state index is 11.6. The largest absolute Gasteiger partial charge is 0.334 e. The van der Waals surface area contributed by atoms with Crippen LogP contribution in [0.3, 0.4) is 0 Å². The van der Waals surface area contributed by atoms with Crippen molar-refractivity contribution in [2.45, 2.75) is 13.5 Å². The summed E-state index contributed by atoms with van der Waals surface area (Å²) in [5.41, 5.74) is -0.692. The van der Waals surface area contributed by atoms with Gasteiger partial charge in [0.25, 0.3) is 5.56 Å². The van der Waals surface area contributed by atoms with Gasteiger partial charge in [-0.25, -0.2) is 4.79 Å². The van der Waals surface area contributed by atoms with Crippen molar-refractivity contribution in [1.82, 2.24) is 8.90 Å². The van der Waals surface area contributed by atoms with Crippen molar-refractivity contribution in [1.29, 1.82) is 0 Å². The van der Waals surface area contributed by atoms with Crippen molar-refractivity contribution >= 4 is 15.0 Å². The minimum absolute atomic E-state index is 0. The summed E-state index contributed by atoms with van der Waals surface area (Å²) >= 11 is 0. The van der Waals surface area contributed by atoms with Gasteiger partial charge in [0.1, 0.15) is 0 Å². The van der Waals surface area contributed by atoms with Crippen LogP contribution in [0, 0.1) is 0 Å². The molecular weight excluding hydrogens is 298 g/mol. The average molecular weight is 310 g/mol. The van der Waals surface area contributed by atoms with Crippen LogP contribution in [0.4, 0.5) is 23.0 Å². The Morgan fingerprint density at radius 3 is 2.05 bits per heavy atom. The third-order valence-corrected chi connectivity index (χ3v) is 2.78. The number of aldehydes is 1. The zero-order valence-electron chi connectivity index (χ0n) is 9.90. The molecule has 0 aliphatic rings. The smallest absolute Gasteiger partial charge is 0.296 e. The second-order valence-electron chi connectivity index (χ2n) is 2.61. The van der Waals surface area contributed by atoms with Crippen LogP contribution in [0.2, 0.25) is 0 Å². The quantitative estimate of drug-likeness (QED) is 0.485. The highest BCUT2D eigenvalue weighted by molar-refractivity contribution is 7.35. The van der Waals surface area contributed by atoms with Crippen molar-refractivity contribution < 1.29 is 27.8 Å². The van der Waals surface area contributed by atoms with Crippen LogP contribution in [0.1, 0.15) is 17.4 Å². The van der Waals surface area contributed by atoms with Crippen molar-refractivity contribution in [2.24, 2.45) is 0 Å².